The van der Waals surface area contributed by atoms with E-state index in [-0.39, 0.29) is 24.0 Å². The van der Waals surface area contributed by atoms with Crippen LogP contribution < -0.4 is 0 Å². The molecule has 1 fully saturated rings. The number of carboxylic acids is 1. The number of hydrogen-bond donors (Lipinski definition) is 1. The summed E-state index contributed by atoms with van der Waals surface area (Å²) < 4.78 is 46.8. The van der Waals surface area contributed by atoms with Gasteiger partial charge < -0.3 is 9.84 Å². The molecule has 2 aliphatic carbocycles. The summed E-state index contributed by atoms with van der Waals surface area (Å²) in [6, 6.07) is 4.42. The van der Waals surface area contributed by atoms with Crippen LogP contribution in [-0.4, -0.2) is 24.3 Å². The fraction of sp³-hybridized carbons (Fsp3) is 0.400. The number of alkyl halides is 3. The normalized spacial score (nSPS) is 23.3. The zero-order valence-electron chi connectivity index (χ0n) is 17.5. The Labute approximate surface area is 180 Å². The van der Waals surface area contributed by atoms with E-state index < -0.39 is 17.7 Å². The van der Waals surface area contributed by atoms with Crippen LogP contribution >= 0.6 is 0 Å². The fourth-order valence-electron chi connectivity index (χ4n) is 4.41. The summed E-state index contributed by atoms with van der Waals surface area (Å²) in [5, 5.41) is 9.12. The second-order valence-corrected chi connectivity index (χ2v) is 8.04. The number of carbonyl (C=O) groups is 1. The highest BCUT2D eigenvalue weighted by molar-refractivity contribution is 5.81. The van der Waals surface area contributed by atoms with Gasteiger partial charge in [0, 0.05) is 7.11 Å². The molecule has 166 valence electrons. The van der Waals surface area contributed by atoms with Crippen LogP contribution in [-0.2, 0) is 15.7 Å². The first-order chi connectivity index (χ1) is 14.7. The van der Waals surface area contributed by atoms with Crippen molar-refractivity contribution >= 4 is 11.5 Å². The molecule has 1 aromatic rings. The highest BCUT2D eigenvalue weighted by Gasteiger charge is 2.35. The molecular formula is C25H27F3O3. The van der Waals surface area contributed by atoms with Crippen LogP contribution in [0.25, 0.3) is 5.57 Å². The van der Waals surface area contributed by atoms with Crippen molar-refractivity contribution in [3.05, 3.63) is 76.9 Å². The molecule has 0 atom stereocenters. The Morgan fingerprint density at radius 1 is 1.26 bits per heavy atom. The third kappa shape index (κ3) is 5.56. The van der Waals surface area contributed by atoms with Crippen molar-refractivity contribution in [1.82, 2.24) is 0 Å². The number of ether oxygens (including phenoxy) is 1. The lowest BCUT2D eigenvalue weighted by molar-refractivity contribution is -0.138. The number of allylic oxidation sites excluding steroid dienone is 6. The van der Waals surface area contributed by atoms with Crippen LogP contribution in [0.1, 0.15) is 61.1 Å². The summed E-state index contributed by atoms with van der Waals surface area (Å²) >= 11 is 0. The second kappa shape index (κ2) is 9.69. The van der Waals surface area contributed by atoms with Crippen molar-refractivity contribution in [3.63, 3.8) is 0 Å². The molecule has 1 N–H and O–H groups in total. The summed E-state index contributed by atoms with van der Waals surface area (Å²) in [5.74, 6) is -0.803. The van der Waals surface area contributed by atoms with Crippen molar-refractivity contribution in [2.24, 2.45) is 0 Å². The van der Waals surface area contributed by atoms with Gasteiger partial charge in [-0.2, -0.15) is 13.2 Å². The van der Waals surface area contributed by atoms with E-state index in [0.717, 1.165) is 31.2 Å². The number of rotatable bonds is 6. The lowest BCUT2D eigenvalue weighted by atomic mass is 9.80. The SMILES string of the molecule is C=C/C(CC(=O)O)=C1/C=C(c2cc(C3CCC(OC)CC3)ccc2C(F)(F)F)C=CC1. The lowest BCUT2D eigenvalue weighted by Crippen LogP contribution is -2.19. The molecule has 0 unspecified atom stereocenters. The molecule has 6 heteroatoms. The van der Waals surface area contributed by atoms with Gasteiger partial charge in [-0.3, -0.25) is 4.79 Å². The van der Waals surface area contributed by atoms with Gasteiger partial charge in [0.25, 0.3) is 0 Å². The van der Waals surface area contributed by atoms with E-state index >= 15 is 0 Å². The molecule has 0 heterocycles. The van der Waals surface area contributed by atoms with E-state index in [1.807, 2.05) is 0 Å². The summed E-state index contributed by atoms with van der Waals surface area (Å²) in [6.45, 7) is 3.67. The zero-order chi connectivity index (χ0) is 22.6. The van der Waals surface area contributed by atoms with Crippen molar-refractivity contribution in [1.29, 1.82) is 0 Å². The van der Waals surface area contributed by atoms with Crippen molar-refractivity contribution in [2.75, 3.05) is 7.11 Å². The predicted molar refractivity (Wildman–Crippen MR) is 115 cm³/mol. The molecule has 2 aliphatic rings. The summed E-state index contributed by atoms with van der Waals surface area (Å²) in [6.07, 6.45) is 6.09. The van der Waals surface area contributed by atoms with Gasteiger partial charge in [-0.1, -0.05) is 43.0 Å². The molecule has 0 aliphatic heterocycles. The van der Waals surface area contributed by atoms with Crippen LogP contribution in [0.15, 0.2) is 60.2 Å². The van der Waals surface area contributed by atoms with E-state index in [1.165, 1.54) is 12.1 Å². The largest absolute Gasteiger partial charge is 0.481 e. The molecule has 3 rings (SSSR count). The first kappa shape index (κ1) is 23.1. The topological polar surface area (TPSA) is 46.5 Å². The van der Waals surface area contributed by atoms with Gasteiger partial charge in [0.1, 0.15) is 0 Å². The van der Waals surface area contributed by atoms with Gasteiger partial charge in [0.05, 0.1) is 18.1 Å². The van der Waals surface area contributed by atoms with Crippen LogP contribution in [0.3, 0.4) is 0 Å². The van der Waals surface area contributed by atoms with Gasteiger partial charge in [0.2, 0.25) is 0 Å². The third-order valence-corrected chi connectivity index (χ3v) is 6.10. The molecule has 0 saturated heterocycles. The molecule has 0 aromatic heterocycles. The molecule has 0 spiro atoms. The van der Waals surface area contributed by atoms with Gasteiger partial charge in [-0.05, 0) is 71.9 Å². The van der Waals surface area contributed by atoms with Crippen molar-refractivity contribution in [2.45, 2.75) is 56.7 Å². The third-order valence-electron chi connectivity index (χ3n) is 6.10. The first-order valence-corrected chi connectivity index (χ1v) is 10.4. The van der Waals surface area contributed by atoms with Crippen molar-refractivity contribution < 1.29 is 27.8 Å². The zero-order valence-corrected chi connectivity index (χ0v) is 17.5. The van der Waals surface area contributed by atoms with Crippen LogP contribution in [0.5, 0.6) is 0 Å². The number of carboxylic acid groups (broad SMARTS) is 1. The maximum Gasteiger partial charge on any atom is 0.417 e. The Kier molecular flexibility index (Phi) is 7.21. The maximum absolute atomic E-state index is 13.8. The predicted octanol–water partition coefficient (Wildman–Crippen LogP) is 6.68. The molecule has 1 saturated carbocycles. The van der Waals surface area contributed by atoms with E-state index in [4.69, 9.17) is 9.84 Å². The van der Waals surface area contributed by atoms with Crippen LogP contribution in [0.4, 0.5) is 13.2 Å². The Hall–Kier alpha value is -2.60. The Morgan fingerprint density at radius 3 is 2.55 bits per heavy atom. The minimum absolute atomic E-state index is 0.131. The van der Waals surface area contributed by atoms with Gasteiger partial charge >= 0.3 is 12.1 Å². The van der Waals surface area contributed by atoms with E-state index in [0.29, 0.717) is 23.1 Å². The molecule has 0 radical (unpaired) electrons. The summed E-state index contributed by atoms with van der Waals surface area (Å²) in [5.41, 5.74) is 1.97. The second-order valence-electron chi connectivity index (χ2n) is 8.04. The average molecular weight is 432 g/mol. The highest BCUT2D eigenvalue weighted by Crippen LogP contribution is 2.41. The number of benzene rings is 1. The summed E-state index contributed by atoms with van der Waals surface area (Å²) in [4.78, 5) is 11.1. The average Bonchev–Trinajstić information content (AvgIpc) is 2.76. The Bertz CT molecular complexity index is 930. The van der Waals surface area contributed by atoms with E-state index in [2.05, 4.69) is 6.58 Å². The Balaban J connectivity index is 2.03. The number of halogens is 3. The standard InChI is InChI=1S/C25H27F3O3/c1-3-16(15-24(29)30)18-5-4-6-20(13-18)22-14-19(9-12-23(22)25(26,27)28)17-7-10-21(31-2)11-8-17/h3-4,6,9,12-14,17,21H,1,5,7-8,10-11,15H2,2H3,(H,29,30)/b18-16-. The lowest BCUT2D eigenvalue weighted by Gasteiger charge is -2.28. The minimum Gasteiger partial charge on any atom is -0.481 e. The quantitative estimate of drug-likeness (QED) is 0.545. The molecule has 0 bridgehead atoms. The van der Waals surface area contributed by atoms with Gasteiger partial charge in [-0.25, -0.2) is 0 Å². The van der Waals surface area contributed by atoms with Gasteiger partial charge in [0.15, 0.2) is 0 Å². The first-order valence-electron chi connectivity index (χ1n) is 10.4. The monoisotopic (exact) mass is 432 g/mol. The number of hydrogen-bond acceptors (Lipinski definition) is 2. The molecule has 0 amide bonds. The molecular weight excluding hydrogens is 405 g/mol. The number of aliphatic carboxylic acids is 1. The van der Waals surface area contributed by atoms with E-state index in [9.17, 15) is 18.0 Å². The van der Waals surface area contributed by atoms with Gasteiger partial charge in [-0.15, -0.1) is 0 Å². The van der Waals surface area contributed by atoms with Crippen LogP contribution in [0, 0.1) is 0 Å². The fourth-order valence-corrected chi connectivity index (χ4v) is 4.41. The molecule has 3 nitrogen and oxygen atoms in total. The van der Waals surface area contributed by atoms with E-state index in [1.54, 1.807) is 37.5 Å². The summed E-state index contributed by atoms with van der Waals surface area (Å²) in [7, 11) is 1.69. The van der Waals surface area contributed by atoms with Crippen molar-refractivity contribution in [3.8, 4) is 0 Å². The minimum atomic E-state index is -4.49. The smallest absolute Gasteiger partial charge is 0.417 e. The van der Waals surface area contributed by atoms with Crippen LogP contribution in [0.2, 0.25) is 0 Å². The molecule has 31 heavy (non-hydrogen) atoms. The number of methoxy groups -OCH3 is 1. The maximum atomic E-state index is 13.8. The highest BCUT2D eigenvalue weighted by atomic mass is 19.4. The Morgan fingerprint density at radius 2 is 1.97 bits per heavy atom. The molecule has 1 aromatic carbocycles.